The molecule has 1 aliphatic carbocycles. The van der Waals surface area contributed by atoms with E-state index in [2.05, 4.69) is 0 Å². The van der Waals surface area contributed by atoms with E-state index >= 15 is 0 Å². The molecule has 0 atom stereocenters. The highest BCUT2D eigenvalue weighted by atomic mass is 32.2. The molecule has 21 heavy (non-hydrogen) atoms. The molecule has 3 N–H and O–H groups in total. The van der Waals surface area contributed by atoms with Gasteiger partial charge in [0, 0.05) is 5.56 Å². The highest BCUT2D eigenvalue weighted by Crippen LogP contribution is 2.49. The van der Waals surface area contributed by atoms with Crippen molar-refractivity contribution < 1.29 is 21.6 Å². The first-order chi connectivity index (χ1) is 9.48. The fraction of sp³-hybridized carbons (Fsp3) is 0.417. The van der Waals surface area contributed by atoms with E-state index in [-0.39, 0.29) is 28.3 Å². The number of nitrogens with two attached hydrogens (primary N) is 1. The summed E-state index contributed by atoms with van der Waals surface area (Å²) in [5.41, 5.74) is 3.83. The van der Waals surface area contributed by atoms with E-state index in [1.165, 1.54) is 25.1 Å². The van der Waals surface area contributed by atoms with Crippen molar-refractivity contribution in [3.63, 3.8) is 0 Å². The van der Waals surface area contributed by atoms with Crippen LogP contribution in [0.4, 0.5) is 13.2 Å². The quantitative estimate of drug-likeness (QED) is 0.824. The Hall–Kier alpha value is -1.19. The van der Waals surface area contributed by atoms with Crippen molar-refractivity contribution in [2.24, 2.45) is 5.73 Å². The van der Waals surface area contributed by atoms with E-state index < -0.39 is 21.7 Å². The lowest BCUT2D eigenvalue weighted by molar-refractivity contribution is -0.160. The van der Waals surface area contributed by atoms with Crippen molar-refractivity contribution in [3.05, 3.63) is 29.3 Å². The third-order valence-corrected chi connectivity index (χ3v) is 5.30. The molecule has 1 saturated carbocycles. The van der Waals surface area contributed by atoms with Gasteiger partial charge in [0.1, 0.15) is 10.5 Å². The first-order valence-electron chi connectivity index (χ1n) is 6.00. The van der Waals surface area contributed by atoms with Gasteiger partial charge < -0.3 is 5.73 Å². The molecule has 9 heteroatoms. The van der Waals surface area contributed by atoms with Gasteiger partial charge in [0.2, 0.25) is 10.0 Å². The van der Waals surface area contributed by atoms with Crippen LogP contribution in [0.1, 0.15) is 24.0 Å². The minimum absolute atomic E-state index is 0.0870. The Labute approximate surface area is 125 Å². The summed E-state index contributed by atoms with van der Waals surface area (Å²) in [6, 6.07) is 4.01. The first kappa shape index (κ1) is 16.2. The maximum absolute atomic E-state index is 12.9. The van der Waals surface area contributed by atoms with Gasteiger partial charge in [-0.2, -0.15) is 17.9 Å². The van der Waals surface area contributed by atoms with Gasteiger partial charge in [-0.15, -0.1) is 0 Å². The van der Waals surface area contributed by atoms with Crippen molar-refractivity contribution in [3.8, 4) is 0 Å². The van der Waals surface area contributed by atoms with Crippen LogP contribution in [-0.2, 0) is 10.0 Å². The number of aryl methyl sites for hydroxylation is 1. The van der Waals surface area contributed by atoms with Crippen molar-refractivity contribution in [2.45, 2.75) is 36.4 Å². The molecule has 0 unspecified atom stereocenters. The molecule has 1 aromatic rings. The maximum atomic E-state index is 12.9. The van der Waals surface area contributed by atoms with Gasteiger partial charge in [-0.25, -0.2) is 8.42 Å². The summed E-state index contributed by atoms with van der Waals surface area (Å²) in [5, 5.41) is 0. The van der Waals surface area contributed by atoms with Crippen LogP contribution in [0.3, 0.4) is 0 Å². The van der Waals surface area contributed by atoms with Crippen LogP contribution in [-0.4, -0.2) is 25.1 Å². The molecule has 1 aliphatic rings. The monoisotopic (exact) mass is 338 g/mol. The van der Waals surface area contributed by atoms with Crippen molar-refractivity contribution >= 4 is 27.2 Å². The summed E-state index contributed by atoms with van der Waals surface area (Å²) >= 11 is 4.77. The molecule has 1 aromatic carbocycles. The van der Waals surface area contributed by atoms with Gasteiger partial charge in [-0.1, -0.05) is 18.3 Å². The number of hydrogen-bond donors (Lipinski definition) is 2. The second kappa shape index (κ2) is 4.92. The van der Waals surface area contributed by atoms with Crippen LogP contribution in [0.5, 0.6) is 0 Å². The fourth-order valence-electron chi connectivity index (χ4n) is 1.98. The molecule has 0 aliphatic heterocycles. The molecule has 4 nitrogen and oxygen atoms in total. The lowest BCUT2D eigenvalue weighted by Gasteiger charge is -2.21. The zero-order chi connectivity index (χ0) is 16.1. The SMILES string of the molecule is Cc1cc(C(N)=S)ccc1S(=O)(=O)NC1(C(F)(F)F)CC1. The Bertz CT molecular complexity index is 695. The Balaban J connectivity index is 2.35. The second-order valence-electron chi connectivity index (χ2n) is 5.03. The minimum atomic E-state index is -4.60. The largest absolute Gasteiger partial charge is 0.407 e. The summed E-state index contributed by atoms with van der Waals surface area (Å²) in [4.78, 5) is -0.123. The molecule has 1 fully saturated rings. The van der Waals surface area contributed by atoms with Crippen LogP contribution in [0.25, 0.3) is 0 Å². The molecule has 0 bridgehead atoms. The number of benzene rings is 1. The zero-order valence-corrected chi connectivity index (χ0v) is 12.6. The molecule has 0 saturated heterocycles. The van der Waals surface area contributed by atoms with Gasteiger partial charge in [-0.05, 0) is 37.5 Å². The van der Waals surface area contributed by atoms with Crippen LogP contribution < -0.4 is 10.5 Å². The van der Waals surface area contributed by atoms with Crippen LogP contribution in [0.15, 0.2) is 23.1 Å². The normalized spacial score (nSPS) is 17.5. The molecule has 0 radical (unpaired) electrons. The number of thiocarbonyl (C=S) groups is 1. The highest BCUT2D eigenvalue weighted by Gasteiger charge is 2.65. The predicted molar refractivity (Wildman–Crippen MR) is 75.4 cm³/mol. The van der Waals surface area contributed by atoms with Gasteiger partial charge in [0.15, 0.2) is 0 Å². The van der Waals surface area contributed by atoms with E-state index in [1.54, 1.807) is 4.72 Å². The Morgan fingerprint density at radius 1 is 1.38 bits per heavy atom. The van der Waals surface area contributed by atoms with Gasteiger partial charge in [-0.3, -0.25) is 0 Å². The van der Waals surface area contributed by atoms with Crippen molar-refractivity contribution in [1.82, 2.24) is 4.72 Å². The third kappa shape index (κ3) is 3.04. The summed E-state index contributed by atoms with van der Waals surface area (Å²) < 4.78 is 64.7. The minimum Gasteiger partial charge on any atom is -0.389 e. The molecule has 0 amide bonds. The van der Waals surface area contributed by atoms with E-state index in [0.717, 1.165) is 0 Å². The van der Waals surface area contributed by atoms with E-state index in [1.807, 2.05) is 0 Å². The van der Waals surface area contributed by atoms with Gasteiger partial charge in [0.25, 0.3) is 0 Å². The van der Waals surface area contributed by atoms with Gasteiger partial charge in [0.05, 0.1) is 4.90 Å². The number of rotatable bonds is 4. The highest BCUT2D eigenvalue weighted by molar-refractivity contribution is 7.89. The number of nitrogens with one attached hydrogen (secondary N) is 1. The topological polar surface area (TPSA) is 72.2 Å². The molecule has 0 spiro atoms. The van der Waals surface area contributed by atoms with Crippen LogP contribution >= 0.6 is 12.2 Å². The summed E-state index contributed by atoms with van der Waals surface area (Å²) in [6.45, 7) is 1.48. The number of halogens is 3. The molecule has 0 aromatic heterocycles. The van der Waals surface area contributed by atoms with Crippen LogP contribution in [0.2, 0.25) is 0 Å². The van der Waals surface area contributed by atoms with Gasteiger partial charge >= 0.3 is 6.18 Å². The second-order valence-corrected chi connectivity index (χ2v) is 7.12. The first-order valence-corrected chi connectivity index (χ1v) is 7.89. The summed E-state index contributed by atoms with van der Waals surface area (Å²) in [5.74, 6) is 0. The third-order valence-electron chi connectivity index (χ3n) is 3.37. The molecular formula is C12H13F3N2O2S2. The number of sulfonamides is 1. The zero-order valence-electron chi connectivity index (χ0n) is 11.0. The summed E-state index contributed by atoms with van der Waals surface area (Å²) in [6.07, 6.45) is -5.10. The molecular weight excluding hydrogens is 325 g/mol. The Morgan fingerprint density at radius 2 is 1.95 bits per heavy atom. The lowest BCUT2D eigenvalue weighted by atomic mass is 10.1. The average Bonchev–Trinajstić information content (AvgIpc) is 3.07. The predicted octanol–water partition coefficient (Wildman–Crippen LogP) is 2.00. The smallest absolute Gasteiger partial charge is 0.389 e. The number of hydrogen-bond acceptors (Lipinski definition) is 3. The molecule has 2 rings (SSSR count). The van der Waals surface area contributed by atoms with Crippen molar-refractivity contribution in [2.75, 3.05) is 0 Å². The molecule has 0 heterocycles. The Kier molecular flexibility index (Phi) is 3.79. The maximum Gasteiger partial charge on any atom is 0.407 e. The summed E-state index contributed by atoms with van der Waals surface area (Å²) in [7, 11) is -4.27. The van der Waals surface area contributed by atoms with E-state index in [9.17, 15) is 21.6 Å². The van der Waals surface area contributed by atoms with E-state index in [0.29, 0.717) is 5.56 Å². The standard InChI is InChI=1S/C12H13F3N2O2S2/c1-7-6-8(10(16)20)2-3-9(7)21(18,19)17-11(4-5-11)12(13,14)15/h2-3,6,17H,4-5H2,1H3,(H2,16,20). The van der Waals surface area contributed by atoms with E-state index in [4.69, 9.17) is 18.0 Å². The fourth-order valence-corrected chi connectivity index (χ4v) is 3.79. The van der Waals surface area contributed by atoms with Crippen LogP contribution in [0, 0.1) is 6.92 Å². The average molecular weight is 338 g/mol. The lowest BCUT2D eigenvalue weighted by Crippen LogP contribution is -2.47. The Morgan fingerprint density at radius 3 is 2.33 bits per heavy atom. The number of alkyl halides is 3. The van der Waals surface area contributed by atoms with Crippen molar-refractivity contribution in [1.29, 1.82) is 0 Å². The molecule has 116 valence electrons.